The Morgan fingerprint density at radius 2 is 1.63 bits per heavy atom. The van der Waals surface area contributed by atoms with Crippen molar-refractivity contribution >= 4 is 48.7 Å². The van der Waals surface area contributed by atoms with Crippen molar-refractivity contribution in [3.63, 3.8) is 0 Å². The van der Waals surface area contributed by atoms with Gasteiger partial charge >= 0.3 is 7.60 Å². The quantitative estimate of drug-likeness (QED) is 0.135. The lowest BCUT2D eigenvalue weighted by Gasteiger charge is -2.27. The number of nitrogens with two attached hydrogens (primary N) is 1. The van der Waals surface area contributed by atoms with Gasteiger partial charge in [0.15, 0.2) is 17.0 Å². The normalized spacial score (nSPS) is 14.7. The molecule has 1 aliphatic heterocycles. The lowest BCUT2D eigenvalue weighted by Crippen LogP contribution is -2.40. The number of nitrogen functional groups attached to an aromatic ring is 1. The predicted molar refractivity (Wildman–Crippen MR) is 153 cm³/mol. The number of imide groups is 1. The summed E-state index contributed by atoms with van der Waals surface area (Å²) in [6, 6.07) is 6.60. The highest BCUT2D eigenvalue weighted by Crippen LogP contribution is 2.50. The average molecular weight is 587 g/mol. The summed E-state index contributed by atoms with van der Waals surface area (Å²) >= 11 is 0. The van der Waals surface area contributed by atoms with E-state index in [9.17, 15) is 14.2 Å². The van der Waals surface area contributed by atoms with Crippen LogP contribution in [0.5, 0.6) is 0 Å². The Hall–Kier alpha value is -3.71. The Labute approximate surface area is 238 Å². The van der Waals surface area contributed by atoms with Gasteiger partial charge in [-0.05, 0) is 39.8 Å². The number of amides is 2. The fraction of sp³-hybridized carbons (Fsp3) is 0.462. The van der Waals surface area contributed by atoms with Crippen LogP contribution in [0.25, 0.3) is 11.2 Å². The zero-order chi connectivity index (χ0) is 29.9. The van der Waals surface area contributed by atoms with Gasteiger partial charge in [0.1, 0.15) is 6.35 Å². The molecule has 0 spiro atoms. The van der Waals surface area contributed by atoms with Crippen molar-refractivity contribution in [2.75, 3.05) is 32.7 Å². The molecule has 2 aromatic heterocycles. The molecule has 220 valence electrons. The third kappa shape index (κ3) is 7.14. The van der Waals surface area contributed by atoms with E-state index < -0.39 is 44.1 Å². The average Bonchev–Trinajstić information content (AvgIpc) is 3.39. The van der Waals surface area contributed by atoms with Crippen LogP contribution >= 0.6 is 7.60 Å². The maximum Gasteiger partial charge on any atom is 0.356 e. The van der Waals surface area contributed by atoms with Gasteiger partial charge in [-0.25, -0.2) is 9.98 Å². The number of anilines is 1. The molecule has 0 radical (unpaired) electrons. The summed E-state index contributed by atoms with van der Waals surface area (Å²) in [7, 11) is -0.0661. The molecule has 2 N–H and O–H groups in total. The van der Waals surface area contributed by atoms with E-state index in [1.54, 1.807) is 67.8 Å². The van der Waals surface area contributed by atoms with Gasteiger partial charge < -0.3 is 29.0 Å². The van der Waals surface area contributed by atoms with Crippen LogP contribution in [0, 0.1) is 0 Å². The largest absolute Gasteiger partial charge is 0.369 e. The molecule has 0 fully saturated rings. The van der Waals surface area contributed by atoms with Crippen molar-refractivity contribution in [3.05, 3.63) is 41.7 Å². The van der Waals surface area contributed by atoms with Gasteiger partial charge in [-0.15, -0.1) is 0 Å². The molecule has 0 aliphatic carbocycles. The number of benzene rings is 1. The van der Waals surface area contributed by atoms with E-state index in [0.717, 1.165) is 4.90 Å². The lowest BCUT2D eigenvalue weighted by atomic mass is 10.1. The van der Waals surface area contributed by atoms with Crippen molar-refractivity contribution in [1.82, 2.24) is 29.3 Å². The molecule has 4 rings (SSSR count). The Bertz CT molecular complexity index is 1460. The van der Waals surface area contributed by atoms with Gasteiger partial charge in [0.05, 0.1) is 55.2 Å². The number of carbonyl (C=O) groups is 2. The molecule has 41 heavy (non-hydrogen) atoms. The number of ether oxygens (including phenoxy) is 1. The van der Waals surface area contributed by atoms with Crippen molar-refractivity contribution in [2.45, 2.75) is 52.6 Å². The standard InChI is InChI=1S/C26H35N8O6P/c1-16(2)39-41(37,40-17(3)4)15-38-18(12-34-24(35)19-9-7-8-10-20(19)25(34)36)11-33-14-28-21-22(29-13-32(5)6)30-26(27)31-23(21)33/h7-10,13-14,16-18H,11-12,15H2,1-6H3,(H2,27,30,31)/b29-13+. The van der Waals surface area contributed by atoms with Gasteiger partial charge in [-0.3, -0.25) is 19.1 Å². The van der Waals surface area contributed by atoms with Crippen LogP contribution in [0.1, 0.15) is 48.4 Å². The first-order chi connectivity index (χ1) is 19.4. The van der Waals surface area contributed by atoms with Crippen LogP contribution in [0.3, 0.4) is 0 Å². The molecule has 15 heteroatoms. The van der Waals surface area contributed by atoms with Gasteiger partial charge in [0.25, 0.3) is 11.8 Å². The summed E-state index contributed by atoms with van der Waals surface area (Å²) < 4.78 is 32.5. The molecule has 1 atom stereocenters. The number of rotatable bonds is 13. The zero-order valence-corrected chi connectivity index (χ0v) is 24.8. The number of fused-ring (bicyclic) bond motifs is 2. The topological polar surface area (TPSA) is 167 Å². The lowest BCUT2D eigenvalue weighted by molar-refractivity contribution is 0.0225. The molecular weight excluding hydrogens is 551 g/mol. The van der Waals surface area contributed by atoms with E-state index in [4.69, 9.17) is 19.5 Å². The minimum absolute atomic E-state index is 0.0110. The van der Waals surface area contributed by atoms with Crippen LogP contribution in [0.4, 0.5) is 11.8 Å². The summed E-state index contributed by atoms with van der Waals surface area (Å²) in [5.74, 6) is -0.621. The smallest absolute Gasteiger partial charge is 0.356 e. The minimum atomic E-state index is -3.70. The fourth-order valence-corrected chi connectivity index (χ4v) is 6.11. The van der Waals surface area contributed by atoms with Crippen LogP contribution in [-0.2, 0) is 24.9 Å². The highest BCUT2D eigenvalue weighted by Gasteiger charge is 2.38. The second-order valence-corrected chi connectivity index (χ2v) is 12.2. The highest BCUT2D eigenvalue weighted by molar-refractivity contribution is 7.53. The first-order valence-electron chi connectivity index (χ1n) is 13.1. The van der Waals surface area contributed by atoms with E-state index in [-0.39, 0.29) is 24.9 Å². The van der Waals surface area contributed by atoms with Gasteiger partial charge in [0.2, 0.25) is 5.95 Å². The fourth-order valence-electron chi connectivity index (χ4n) is 4.26. The third-order valence-corrected chi connectivity index (χ3v) is 7.70. The number of hydrogen-bond donors (Lipinski definition) is 1. The van der Waals surface area contributed by atoms with Crippen molar-refractivity contribution < 1.29 is 27.9 Å². The number of nitrogens with zero attached hydrogens (tertiary/aromatic N) is 7. The number of carbonyl (C=O) groups excluding carboxylic acids is 2. The second kappa shape index (κ2) is 12.4. The maximum atomic E-state index is 13.5. The molecule has 14 nitrogen and oxygen atoms in total. The van der Waals surface area contributed by atoms with Gasteiger partial charge in [0, 0.05) is 14.1 Å². The number of hydrogen-bond acceptors (Lipinski definition) is 11. The summed E-state index contributed by atoms with van der Waals surface area (Å²) in [6.45, 7) is 6.90. The number of aromatic nitrogens is 4. The van der Waals surface area contributed by atoms with Crippen molar-refractivity contribution in [1.29, 1.82) is 0 Å². The Kier molecular flexibility index (Phi) is 9.17. The minimum Gasteiger partial charge on any atom is -0.369 e. The number of aliphatic imine (C=N–C) groups is 1. The first-order valence-corrected chi connectivity index (χ1v) is 14.8. The van der Waals surface area contributed by atoms with Crippen molar-refractivity contribution in [2.24, 2.45) is 4.99 Å². The van der Waals surface area contributed by atoms with Crippen LogP contribution in [0.2, 0.25) is 0 Å². The predicted octanol–water partition coefficient (Wildman–Crippen LogP) is 3.31. The molecule has 1 unspecified atom stereocenters. The SMILES string of the molecule is CC(C)OP(=O)(COC(CN1C(=O)c2ccccc2C1=O)Cn1cnc2c(/N=C/N(C)C)nc(N)nc21)OC(C)C. The second-order valence-electron chi connectivity index (χ2n) is 10.3. The van der Waals surface area contributed by atoms with E-state index in [1.807, 2.05) is 14.1 Å². The van der Waals surface area contributed by atoms with Crippen LogP contribution < -0.4 is 5.73 Å². The first kappa shape index (κ1) is 30.3. The van der Waals surface area contributed by atoms with E-state index >= 15 is 0 Å². The van der Waals surface area contributed by atoms with E-state index in [0.29, 0.717) is 22.3 Å². The Morgan fingerprint density at radius 1 is 1.02 bits per heavy atom. The van der Waals surface area contributed by atoms with E-state index in [1.165, 1.54) is 6.33 Å². The molecule has 3 aromatic rings. The van der Waals surface area contributed by atoms with Gasteiger partial charge in [-0.1, -0.05) is 12.1 Å². The summed E-state index contributed by atoms with van der Waals surface area (Å²) in [4.78, 5) is 46.4. The molecule has 0 saturated heterocycles. The molecule has 1 aromatic carbocycles. The number of imidazole rings is 1. The molecular formula is C26H35N8O6P. The Balaban J connectivity index is 1.66. The highest BCUT2D eigenvalue weighted by atomic mass is 31.2. The summed E-state index contributed by atoms with van der Waals surface area (Å²) in [6.07, 6.45) is 1.04. The van der Waals surface area contributed by atoms with Gasteiger partial charge in [-0.2, -0.15) is 9.97 Å². The van der Waals surface area contributed by atoms with Crippen molar-refractivity contribution in [3.8, 4) is 0 Å². The van der Waals surface area contributed by atoms with E-state index in [2.05, 4.69) is 19.9 Å². The van der Waals surface area contributed by atoms with Crippen LogP contribution in [0.15, 0.2) is 35.6 Å². The monoisotopic (exact) mass is 586 g/mol. The molecule has 0 saturated carbocycles. The third-order valence-electron chi connectivity index (χ3n) is 5.75. The zero-order valence-electron chi connectivity index (χ0n) is 23.9. The molecule has 1 aliphatic rings. The Morgan fingerprint density at radius 3 is 2.20 bits per heavy atom. The summed E-state index contributed by atoms with van der Waals surface area (Å²) in [5.41, 5.74) is 7.36. The summed E-state index contributed by atoms with van der Waals surface area (Å²) in [5, 5.41) is 0. The maximum absolute atomic E-state index is 13.5. The molecule has 2 amide bonds. The molecule has 0 bridgehead atoms. The van der Waals surface area contributed by atoms with Crippen LogP contribution in [-0.4, -0.2) is 92.8 Å². The molecule has 3 heterocycles.